The van der Waals surface area contributed by atoms with E-state index >= 15 is 4.39 Å². The third-order valence-corrected chi connectivity index (χ3v) is 9.66. The Morgan fingerprint density at radius 1 is 1.07 bits per heavy atom. The van der Waals surface area contributed by atoms with Crippen molar-refractivity contribution in [2.75, 3.05) is 31.8 Å². The van der Waals surface area contributed by atoms with Crippen molar-refractivity contribution in [2.45, 2.75) is 49.1 Å². The number of nitrogens with one attached hydrogen (secondary N) is 1. The van der Waals surface area contributed by atoms with Crippen molar-refractivity contribution in [3.05, 3.63) is 29.3 Å². The van der Waals surface area contributed by atoms with E-state index in [1.807, 2.05) is 0 Å². The molecule has 23 heteroatoms. The summed E-state index contributed by atoms with van der Waals surface area (Å²) in [6.07, 6.45) is -5.22. The summed E-state index contributed by atoms with van der Waals surface area (Å²) < 4.78 is 72.7. The molecule has 9 unspecified atom stereocenters. The molecule has 0 saturated carbocycles. The molecule has 3 aliphatic heterocycles. The van der Waals surface area contributed by atoms with Gasteiger partial charge in [-0.3, -0.25) is 23.5 Å². The van der Waals surface area contributed by atoms with E-state index in [2.05, 4.69) is 42.2 Å². The minimum absolute atomic E-state index is 0.0204. The van der Waals surface area contributed by atoms with E-state index in [0.717, 1.165) is 0 Å². The van der Waals surface area contributed by atoms with Crippen LogP contribution in [0.25, 0.3) is 22.3 Å². The third kappa shape index (κ3) is 5.16. The summed E-state index contributed by atoms with van der Waals surface area (Å²) in [5, 5.41) is 0. The van der Waals surface area contributed by atoms with Crippen LogP contribution in [0, 0.1) is 0 Å². The number of aromatic nitrogens is 8. The molecule has 3 aliphatic rings. The quantitative estimate of drug-likeness (QED) is 0.172. The maximum Gasteiger partial charge on any atom is 0.319 e. The molecule has 0 spiro atoms. The maximum atomic E-state index is 15.9. The van der Waals surface area contributed by atoms with Gasteiger partial charge in [0.2, 0.25) is 13.5 Å². The Kier molecular flexibility index (Phi) is 8.02. The maximum absolute atomic E-state index is 15.9. The number of nitrogens with two attached hydrogens (primary N) is 2. The van der Waals surface area contributed by atoms with Gasteiger partial charge in [-0.05, 0) is 0 Å². The molecular weight excluding hydrogens is 649 g/mol. The van der Waals surface area contributed by atoms with E-state index in [1.54, 1.807) is 0 Å². The summed E-state index contributed by atoms with van der Waals surface area (Å²) in [6.45, 7) is -0.557. The lowest BCUT2D eigenvalue weighted by atomic mass is 10.1. The number of halogens is 1. The Hall–Kier alpha value is -2.84. The van der Waals surface area contributed by atoms with Crippen LogP contribution in [0.1, 0.15) is 12.5 Å². The Labute approximate surface area is 252 Å². The zero-order valence-corrected chi connectivity index (χ0v) is 25.3. The van der Waals surface area contributed by atoms with Gasteiger partial charge in [-0.25, -0.2) is 24.3 Å². The number of methoxy groups -OCH3 is 1. The molecular formula is C21H25FN10O9P2S. The van der Waals surface area contributed by atoms with Gasteiger partial charge in [0, 0.05) is 7.11 Å². The first-order chi connectivity index (χ1) is 21.2. The summed E-state index contributed by atoms with van der Waals surface area (Å²) >= 11 is 4.49. The highest BCUT2D eigenvalue weighted by Crippen LogP contribution is 2.51. The second kappa shape index (κ2) is 11.8. The Morgan fingerprint density at radius 3 is 2.61 bits per heavy atom. The number of H-pyrrole nitrogens is 1. The first-order valence-electron chi connectivity index (χ1n) is 13.0. The number of hydrogen-bond acceptors (Lipinski definition) is 17. The van der Waals surface area contributed by atoms with Crippen LogP contribution in [0.3, 0.4) is 0 Å². The van der Waals surface area contributed by atoms with Crippen LogP contribution in [0.5, 0.6) is 0 Å². The largest absolute Gasteiger partial charge is 0.382 e. The zero-order valence-electron chi connectivity index (χ0n) is 22.5. The summed E-state index contributed by atoms with van der Waals surface area (Å²) in [5.41, 5.74) is 11.7. The number of imidazole rings is 2. The van der Waals surface area contributed by atoms with Crippen LogP contribution in [-0.2, 0) is 36.9 Å². The van der Waals surface area contributed by atoms with Crippen LogP contribution in [0.2, 0.25) is 0 Å². The fourth-order valence-corrected chi connectivity index (χ4v) is 7.58. The molecule has 5 N–H and O–H groups in total. The fourth-order valence-electron chi connectivity index (χ4n) is 5.41. The number of rotatable bonds is 3. The molecule has 0 aliphatic carbocycles. The van der Waals surface area contributed by atoms with E-state index in [-0.39, 0.29) is 47.3 Å². The van der Waals surface area contributed by atoms with Crippen molar-refractivity contribution in [3.63, 3.8) is 0 Å². The first kappa shape index (κ1) is 29.8. The van der Waals surface area contributed by atoms with Gasteiger partial charge >= 0.3 is 8.25 Å². The molecule has 3 fully saturated rings. The number of anilines is 2. The lowest BCUT2D eigenvalue weighted by Crippen LogP contribution is -2.36. The minimum Gasteiger partial charge on any atom is -0.382 e. The van der Waals surface area contributed by atoms with Gasteiger partial charge in [-0.15, -0.1) is 0 Å². The summed E-state index contributed by atoms with van der Waals surface area (Å²) in [6, 6.07) is 0. The number of thiol groups is 1. The Bertz CT molecular complexity index is 1780. The molecule has 44 heavy (non-hydrogen) atoms. The van der Waals surface area contributed by atoms with Crippen LogP contribution in [0.4, 0.5) is 16.2 Å². The van der Waals surface area contributed by atoms with Crippen LogP contribution in [0.15, 0.2) is 23.8 Å². The number of hydrogen-bond donors (Lipinski definition) is 4. The molecule has 236 valence electrons. The molecule has 4 aromatic rings. The molecule has 0 aromatic carbocycles. The molecule has 2 bridgehead atoms. The van der Waals surface area contributed by atoms with E-state index in [9.17, 15) is 9.36 Å². The minimum atomic E-state index is -3.32. The lowest BCUT2D eigenvalue weighted by molar-refractivity contribution is -0.0554. The predicted octanol–water partition coefficient (Wildman–Crippen LogP) is 0.635. The van der Waals surface area contributed by atoms with Crippen molar-refractivity contribution in [1.82, 2.24) is 39.0 Å². The van der Waals surface area contributed by atoms with Gasteiger partial charge in [-0.1, -0.05) is 12.2 Å². The van der Waals surface area contributed by atoms with E-state index in [1.165, 1.54) is 35.2 Å². The number of nitrogen functional groups attached to an aromatic ring is 2. The van der Waals surface area contributed by atoms with Gasteiger partial charge in [0.05, 0.1) is 25.9 Å². The lowest BCUT2D eigenvalue weighted by Gasteiger charge is -2.26. The van der Waals surface area contributed by atoms with Crippen LogP contribution >= 0.6 is 28.1 Å². The van der Waals surface area contributed by atoms with Gasteiger partial charge in [0.15, 0.2) is 41.3 Å². The second-order valence-electron chi connectivity index (χ2n) is 9.88. The van der Waals surface area contributed by atoms with Crippen LogP contribution < -0.4 is 17.0 Å². The van der Waals surface area contributed by atoms with Gasteiger partial charge < -0.3 is 43.8 Å². The number of fused-ring (bicyclic) bond motifs is 5. The molecule has 7 heterocycles. The van der Waals surface area contributed by atoms with Crippen molar-refractivity contribution in [3.8, 4) is 0 Å². The standard InChI is InChI=1S/C21H25FN10O9P2S/c1-35-13-8-2-36-42(34)40-12-7(38-19(9(12)22)31-5-27-10-15(23)25-4-26-16(10)31)3-37-43(44)41-14(13)20(39-8)32-6-28-11-17(32)29-21(24)30-18(11)33/h4-9,12-14,19-20,42,44H,2-3H2,1H3,(H2,23,25,26)(H3,24,29,30,33)/t7?,8?,9?,12?,13?,14?,19?,20?,43-/m1/s1. The smallest absolute Gasteiger partial charge is 0.319 e. The SMILES string of the molecule is COC1C2CO[PH](=O)OC3C(CO[P@@](S)OC1C(n1cnc4c(=O)[nH]c(N)nc41)O2)OC(n1cnc2c(N)ncnc21)C3F. The average Bonchev–Trinajstić information content (AvgIpc) is 3.75. The van der Waals surface area contributed by atoms with Crippen molar-refractivity contribution >= 4 is 62.2 Å². The number of nitrogens with zero attached hydrogens (tertiary/aromatic N) is 7. The highest BCUT2D eigenvalue weighted by Gasteiger charge is 2.52. The number of aromatic amines is 1. The first-order valence-corrected chi connectivity index (χ1v) is 16.5. The van der Waals surface area contributed by atoms with E-state index in [0.29, 0.717) is 0 Å². The van der Waals surface area contributed by atoms with E-state index in [4.69, 9.17) is 43.8 Å². The highest BCUT2D eigenvalue weighted by atomic mass is 32.7. The monoisotopic (exact) mass is 674 g/mol. The van der Waals surface area contributed by atoms with Gasteiger partial charge in [-0.2, -0.15) is 4.98 Å². The van der Waals surface area contributed by atoms with Crippen molar-refractivity contribution < 1.29 is 41.3 Å². The molecule has 4 aromatic heterocycles. The summed E-state index contributed by atoms with van der Waals surface area (Å²) in [7, 11) is -3.87. The summed E-state index contributed by atoms with van der Waals surface area (Å²) in [4.78, 5) is 35.3. The topological polar surface area (TPSA) is 241 Å². The molecule has 3 saturated heterocycles. The molecule has 0 amide bonds. The Morgan fingerprint density at radius 2 is 1.82 bits per heavy atom. The third-order valence-electron chi connectivity index (χ3n) is 7.37. The van der Waals surface area contributed by atoms with E-state index < -0.39 is 70.5 Å². The average molecular weight is 675 g/mol. The number of alkyl halides is 1. The van der Waals surface area contributed by atoms with Crippen molar-refractivity contribution in [2.24, 2.45) is 0 Å². The van der Waals surface area contributed by atoms with Gasteiger partial charge in [0.1, 0.15) is 42.4 Å². The van der Waals surface area contributed by atoms with Crippen molar-refractivity contribution in [1.29, 1.82) is 0 Å². The molecule has 0 radical (unpaired) electrons. The molecule has 7 rings (SSSR count). The highest BCUT2D eigenvalue weighted by molar-refractivity contribution is 8.41. The zero-order chi connectivity index (χ0) is 30.7. The molecule has 10 atom stereocenters. The number of ether oxygens (including phenoxy) is 3. The normalized spacial score (nSPS) is 34.9. The van der Waals surface area contributed by atoms with Gasteiger partial charge in [0.25, 0.3) is 5.56 Å². The van der Waals surface area contributed by atoms with Crippen LogP contribution in [-0.4, -0.2) is 96.1 Å². The summed E-state index contributed by atoms with van der Waals surface area (Å²) in [5.74, 6) is -0.0179. The Balaban J connectivity index is 1.17. The molecule has 19 nitrogen and oxygen atoms in total. The second-order valence-corrected chi connectivity index (χ2v) is 12.8. The predicted molar refractivity (Wildman–Crippen MR) is 152 cm³/mol. The fraction of sp³-hybridized carbons (Fsp3) is 0.524.